The molecule has 0 saturated carbocycles. The molecule has 7 N–H and O–H groups in total. The van der Waals surface area contributed by atoms with E-state index in [9.17, 15) is 40.5 Å². The van der Waals surface area contributed by atoms with Gasteiger partial charge in [-0.1, -0.05) is 169 Å². The third kappa shape index (κ3) is 32.5. The monoisotopic (exact) mass is 1040 g/mol. The Morgan fingerprint density at radius 1 is 0.459 bits per heavy atom. The van der Waals surface area contributed by atoms with Crippen molar-refractivity contribution in [2.24, 2.45) is 0 Å². The Morgan fingerprint density at radius 2 is 0.878 bits per heavy atom. The van der Waals surface area contributed by atoms with E-state index in [0.29, 0.717) is 13.0 Å². The average molecular weight is 1050 g/mol. The Labute approximate surface area is 445 Å². The van der Waals surface area contributed by atoms with E-state index in [1.165, 1.54) is 64.2 Å². The number of aliphatic hydroxyl groups excluding tert-OH is 7. The van der Waals surface area contributed by atoms with Crippen LogP contribution < -0.4 is 0 Å². The van der Waals surface area contributed by atoms with Crippen LogP contribution in [0.2, 0.25) is 0 Å². The van der Waals surface area contributed by atoms with Crippen LogP contribution in [0.5, 0.6) is 0 Å². The van der Waals surface area contributed by atoms with Crippen molar-refractivity contribution < 1.29 is 69.0 Å². The zero-order chi connectivity index (χ0) is 53.7. The van der Waals surface area contributed by atoms with Gasteiger partial charge in [-0.05, 0) is 96.3 Å². The molecule has 2 aliphatic rings. The van der Waals surface area contributed by atoms with Gasteiger partial charge in [0.2, 0.25) is 0 Å². The minimum Gasteiger partial charge on any atom is -0.457 e. The van der Waals surface area contributed by atoms with Crippen LogP contribution in [-0.2, 0) is 33.2 Å². The maximum absolute atomic E-state index is 13.1. The highest BCUT2D eigenvalue weighted by molar-refractivity contribution is 5.69. The number of hydrogen-bond acceptors (Lipinski definition) is 14. The fourth-order valence-corrected chi connectivity index (χ4v) is 8.26. The lowest BCUT2D eigenvalue weighted by Crippen LogP contribution is -2.61. The summed E-state index contributed by atoms with van der Waals surface area (Å²) in [7, 11) is 0. The average Bonchev–Trinajstić information content (AvgIpc) is 3.40. The Morgan fingerprint density at radius 3 is 1.38 bits per heavy atom. The van der Waals surface area contributed by atoms with Crippen molar-refractivity contribution in [1.82, 2.24) is 0 Å². The lowest BCUT2D eigenvalue weighted by atomic mass is 9.98. The van der Waals surface area contributed by atoms with Crippen molar-refractivity contribution in [3.8, 4) is 0 Å². The number of esters is 1. The van der Waals surface area contributed by atoms with Gasteiger partial charge in [-0.15, -0.1) is 0 Å². The molecular formula is C60H100O14. The molecule has 424 valence electrons. The molecule has 14 heteroatoms. The zero-order valence-electron chi connectivity index (χ0n) is 45.3. The highest BCUT2D eigenvalue weighted by atomic mass is 16.7. The van der Waals surface area contributed by atoms with E-state index in [1.807, 2.05) is 0 Å². The van der Waals surface area contributed by atoms with Gasteiger partial charge in [-0.3, -0.25) is 4.79 Å². The number of rotatable bonds is 44. The summed E-state index contributed by atoms with van der Waals surface area (Å²) in [5, 5.41) is 72.3. The summed E-state index contributed by atoms with van der Waals surface area (Å²) in [6, 6.07) is 0. The Hall–Kier alpha value is -3.09. The molecule has 2 fully saturated rings. The summed E-state index contributed by atoms with van der Waals surface area (Å²) in [5.74, 6) is -0.423. The van der Waals surface area contributed by atoms with Gasteiger partial charge in [0.05, 0.1) is 26.4 Å². The summed E-state index contributed by atoms with van der Waals surface area (Å²) < 4.78 is 34.3. The molecule has 0 amide bonds. The molecule has 0 bridgehead atoms. The van der Waals surface area contributed by atoms with Crippen LogP contribution in [0.4, 0.5) is 0 Å². The minimum atomic E-state index is -1.72. The normalized spacial score (nSPS) is 25.5. The Kier molecular flexibility index (Phi) is 41.7. The molecule has 14 nitrogen and oxygen atoms in total. The minimum absolute atomic E-state index is 0.0334. The van der Waals surface area contributed by atoms with Crippen molar-refractivity contribution in [3.63, 3.8) is 0 Å². The molecule has 2 aliphatic heterocycles. The number of allylic oxidation sites excluding steroid dienone is 16. The van der Waals surface area contributed by atoms with Gasteiger partial charge < -0.3 is 64.2 Å². The van der Waals surface area contributed by atoms with E-state index in [0.717, 1.165) is 83.5 Å². The summed E-state index contributed by atoms with van der Waals surface area (Å²) in [6.07, 6.45) is 44.6. The van der Waals surface area contributed by atoms with Crippen molar-refractivity contribution in [3.05, 3.63) is 97.2 Å². The quantitative estimate of drug-likeness (QED) is 0.0172. The van der Waals surface area contributed by atoms with Crippen LogP contribution in [-0.4, -0.2) is 142 Å². The first-order valence-electron chi connectivity index (χ1n) is 28.3. The van der Waals surface area contributed by atoms with E-state index < -0.39 is 86.7 Å². The van der Waals surface area contributed by atoms with Crippen LogP contribution in [0.1, 0.15) is 174 Å². The predicted octanol–water partition coefficient (Wildman–Crippen LogP) is 9.80. The SMILES string of the molecule is CC/C=C\C/C=C\C/C=C\C/C=C\C/C=C\C/C=C\CCCCC(=O)OC(COCCCCCCCCCC/C=C\C/C=C\CCCCCC)COC1OC(COC2OC(CO)C(O)C(O)C2O)C(O)C(O)C1O. The first-order valence-corrected chi connectivity index (χ1v) is 28.3. The van der Waals surface area contributed by atoms with E-state index >= 15 is 0 Å². The largest absolute Gasteiger partial charge is 0.457 e. The number of hydrogen-bond donors (Lipinski definition) is 7. The van der Waals surface area contributed by atoms with Crippen molar-refractivity contribution in [1.29, 1.82) is 0 Å². The standard InChI is InChI=1S/C60H100O14/c1-3-5-7-9-11-13-15-17-19-21-23-24-25-27-29-31-33-35-37-39-41-43-52(62)72-49(46-69-44-42-40-38-36-34-32-30-28-26-22-20-18-16-14-12-10-8-6-4-2)47-70-59-58(68)56(66)54(64)51(74-59)48-71-60-57(67)55(65)53(63)50(45-61)73-60/h5,7,11,13-14,16-17,19-20,22-24,27,29,33,35,49-51,53-61,63-68H,3-4,6,8-10,12,15,18,21,25-26,28,30-32,34,36-48H2,1-2H3/b7-5-,13-11-,16-14-,19-17-,22-20-,24-23-,29-27-,35-33-. The fraction of sp³-hybridized carbons (Fsp3) is 0.717. The highest BCUT2D eigenvalue weighted by Crippen LogP contribution is 2.26. The fourth-order valence-electron chi connectivity index (χ4n) is 8.26. The summed E-state index contributed by atoms with van der Waals surface area (Å²) in [4.78, 5) is 13.1. The molecule has 2 rings (SSSR count). The number of carbonyl (C=O) groups is 1. The lowest BCUT2D eigenvalue weighted by Gasteiger charge is -2.42. The molecule has 11 atom stereocenters. The molecule has 0 aliphatic carbocycles. The summed E-state index contributed by atoms with van der Waals surface area (Å²) in [5.41, 5.74) is 0. The molecule has 0 aromatic heterocycles. The second-order valence-electron chi connectivity index (χ2n) is 19.4. The van der Waals surface area contributed by atoms with Crippen LogP contribution in [0.15, 0.2) is 97.2 Å². The van der Waals surface area contributed by atoms with E-state index in [-0.39, 0.29) is 19.6 Å². The number of carbonyl (C=O) groups excluding carboxylic acids is 1. The first-order chi connectivity index (χ1) is 36.1. The summed E-state index contributed by atoms with van der Waals surface area (Å²) in [6.45, 7) is 3.47. The van der Waals surface area contributed by atoms with E-state index in [1.54, 1.807) is 0 Å². The van der Waals surface area contributed by atoms with E-state index in [2.05, 4.69) is 111 Å². The van der Waals surface area contributed by atoms with Crippen LogP contribution in [0.25, 0.3) is 0 Å². The van der Waals surface area contributed by atoms with Gasteiger partial charge in [0.15, 0.2) is 12.6 Å². The molecule has 2 saturated heterocycles. The van der Waals surface area contributed by atoms with Gasteiger partial charge in [0, 0.05) is 13.0 Å². The molecule has 2 heterocycles. The zero-order valence-corrected chi connectivity index (χ0v) is 45.3. The molecule has 0 spiro atoms. The van der Waals surface area contributed by atoms with E-state index in [4.69, 9.17) is 28.4 Å². The Bertz CT molecular complexity index is 1590. The topological polar surface area (TPSA) is 214 Å². The number of unbranched alkanes of at least 4 members (excludes halogenated alkanes) is 14. The third-order valence-corrected chi connectivity index (χ3v) is 12.8. The molecule has 74 heavy (non-hydrogen) atoms. The Balaban J connectivity index is 1.77. The maximum atomic E-state index is 13.1. The second-order valence-corrected chi connectivity index (χ2v) is 19.4. The lowest BCUT2D eigenvalue weighted by molar-refractivity contribution is -0.332. The van der Waals surface area contributed by atoms with Crippen molar-refractivity contribution in [2.45, 2.75) is 242 Å². The molecule has 0 aromatic carbocycles. The van der Waals surface area contributed by atoms with Gasteiger partial charge >= 0.3 is 5.97 Å². The highest BCUT2D eigenvalue weighted by Gasteiger charge is 2.47. The number of ether oxygens (including phenoxy) is 6. The predicted molar refractivity (Wildman–Crippen MR) is 293 cm³/mol. The second kappa shape index (κ2) is 46.0. The molecule has 11 unspecified atom stereocenters. The van der Waals surface area contributed by atoms with Crippen molar-refractivity contribution in [2.75, 3.05) is 33.0 Å². The van der Waals surface area contributed by atoms with Crippen LogP contribution in [0.3, 0.4) is 0 Å². The van der Waals surface area contributed by atoms with Gasteiger partial charge in [-0.25, -0.2) is 0 Å². The van der Waals surface area contributed by atoms with Crippen molar-refractivity contribution >= 4 is 5.97 Å². The third-order valence-electron chi connectivity index (χ3n) is 12.8. The first kappa shape index (κ1) is 67.0. The van der Waals surface area contributed by atoms with Crippen LogP contribution in [0, 0.1) is 0 Å². The maximum Gasteiger partial charge on any atom is 0.306 e. The number of aliphatic hydroxyl groups is 7. The van der Waals surface area contributed by atoms with Gasteiger partial charge in [0.25, 0.3) is 0 Å². The van der Waals surface area contributed by atoms with Gasteiger partial charge in [-0.2, -0.15) is 0 Å². The smallest absolute Gasteiger partial charge is 0.306 e. The molecule has 0 radical (unpaired) electrons. The van der Waals surface area contributed by atoms with Crippen LogP contribution >= 0.6 is 0 Å². The summed E-state index contributed by atoms with van der Waals surface area (Å²) >= 11 is 0. The van der Waals surface area contributed by atoms with Gasteiger partial charge in [0.1, 0.15) is 54.9 Å². The molecule has 0 aromatic rings. The molecular weight excluding hydrogens is 945 g/mol.